The number of hydrazine groups is 1. The third-order valence-corrected chi connectivity index (χ3v) is 3.54. The molecule has 9 heteroatoms. The normalized spacial score (nSPS) is 10.1. The number of nitrogens with two attached hydrogens (primary N) is 1. The lowest BCUT2D eigenvalue weighted by atomic mass is 10.3. The van der Waals surface area contributed by atoms with Crippen molar-refractivity contribution in [2.45, 2.75) is 0 Å². The van der Waals surface area contributed by atoms with Gasteiger partial charge in [0.05, 0.1) is 12.8 Å². The number of nitrogens with one attached hydrogen (secondary N) is 2. The summed E-state index contributed by atoms with van der Waals surface area (Å²) in [6.07, 6.45) is 0. The molecule has 1 aromatic carbocycles. The molecule has 0 fully saturated rings. The summed E-state index contributed by atoms with van der Waals surface area (Å²) in [5, 5.41) is 3.09. The van der Waals surface area contributed by atoms with Crippen molar-refractivity contribution in [3.05, 3.63) is 26.2 Å². The maximum absolute atomic E-state index is 5.29. The predicted molar refractivity (Wildman–Crippen MR) is 84.3 cm³/mol. The largest absolute Gasteiger partial charge is 0.467 e. The maximum Gasteiger partial charge on any atom is 0.322 e. The van der Waals surface area contributed by atoms with Crippen LogP contribution >= 0.6 is 38.5 Å². The minimum absolute atomic E-state index is 0.176. The molecule has 0 saturated carbocycles. The van der Waals surface area contributed by atoms with Gasteiger partial charge in [0.25, 0.3) is 0 Å². The van der Waals surface area contributed by atoms with Crippen molar-refractivity contribution in [1.29, 1.82) is 0 Å². The van der Waals surface area contributed by atoms with E-state index >= 15 is 0 Å². The van der Waals surface area contributed by atoms with Crippen LogP contribution in [0.25, 0.3) is 0 Å². The summed E-state index contributed by atoms with van der Waals surface area (Å²) in [5.74, 6) is 5.86. The highest BCUT2D eigenvalue weighted by molar-refractivity contribution is 14.1. The summed E-state index contributed by atoms with van der Waals surface area (Å²) >= 11 is 5.63. The molecule has 4 N–H and O–H groups in total. The standard InChI is InChI=1S/C10H10BrIN6O/c1-19-10-16-8(15-9(17-10)18-13)14-7-4-5(11)2-3-6(7)12/h2-4H,13H2,1H3,(H2,14,15,16,17,18). The van der Waals surface area contributed by atoms with Crippen LogP contribution < -0.4 is 21.3 Å². The van der Waals surface area contributed by atoms with Gasteiger partial charge in [0.2, 0.25) is 11.9 Å². The zero-order valence-electron chi connectivity index (χ0n) is 9.82. The van der Waals surface area contributed by atoms with Crippen molar-refractivity contribution < 1.29 is 4.74 Å². The molecule has 0 atom stereocenters. The van der Waals surface area contributed by atoms with Crippen LogP contribution in [0.2, 0.25) is 0 Å². The fourth-order valence-corrected chi connectivity index (χ4v) is 2.11. The molecule has 0 aliphatic heterocycles. The number of aromatic nitrogens is 3. The number of benzene rings is 1. The first kappa shape index (κ1) is 14.2. The Bertz CT molecular complexity index is 574. The van der Waals surface area contributed by atoms with Gasteiger partial charge in [-0.15, -0.1) is 0 Å². The number of hydrogen-bond donors (Lipinski definition) is 3. The third-order valence-electron chi connectivity index (χ3n) is 2.10. The Morgan fingerprint density at radius 2 is 2.00 bits per heavy atom. The Labute approximate surface area is 131 Å². The minimum Gasteiger partial charge on any atom is -0.467 e. The summed E-state index contributed by atoms with van der Waals surface area (Å²) in [4.78, 5) is 12.1. The second-order valence-electron chi connectivity index (χ2n) is 3.36. The average molecular weight is 437 g/mol. The smallest absolute Gasteiger partial charge is 0.322 e. The molecule has 0 aliphatic carbocycles. The molecule has 7 nitrogen and oxygen atoms in total. The second kappa shape index (κ2) is 6.30. The average Bonchev–Trinajstić information content (AvgIpc) is 2.42. The first-order chi connectivity index (χ1) is 9.12. The van der Waals surface area contributed by atoms with E-state index in [1.54, 1.807) is 0 Å². The molecule has 2 rings (SSSR count). The molecular weight excluding hydrogens is 427 g/mol. The molecule has 1 heterocycles. The second-order valence-corrected chi connectivity index (χ2v) is 5.44. The van der Waals surface area contributed by atoms with Gasteiger partial charge in [-0.05, 0) is 40.8 Å². The van der Waals surface area contributed by atoms with Gasteiger partial charge in [0.1, 0.15) is 0 Å². The van der Waals surface area contributed by atoms with Gasteiger partial charge in [-0.25, -0.2) is 5.84 Å². The van der Waals surface area contributed by atoms with Crippen molar-refractivity contribution in [3.63, 3.8) is 0 Å². The summed E-state index contributed by atoms with van der Waals surface area (Å²) in [7, 11) is 1.47. The molecule has 100 valence electrons. The van der Waals surface area contributed by atoms with Gasteiger partial charge < -0.3 is 10.1 Å². The predicted octanol–water partition coefficient (Wildman–Crippen LogP) is 2.28. The van der Waals surface area contributed by atoms with Crippen molar-refractivity contribution in [1.82, 2.24) is 15.0 Å². The van der Waals surface area contributed by atoms with E-state index in [2.05, 4.69) is 64.2 Å². The first-order valence-corrected chi connectivity index (χ1v) is 6.98. The van der Waals surface area contributed by atoms with E-state index in [4.69, 9.17) is 10.6 Å². The van der Waals surface area contributed by atoms with E-state index < -0.39 is 0 Å². The number of hydrogen-bond acceptors (Lipinski definition) is 7. The van der Waals surface area contributed by atoms with Gasteiger partial charge in [-0.1, -0.05) is 15.9 Å². The quantitative estimate of drug-likeness (QED) is 0.384. The Hall–Kier alpha value is -1.20. The van der Waals surface area contributed by atoms with Crippen molar-refractivity contribution in [3.8, 4) is 6.01 Å². The monoisotopic (exact) mass is 436 g/mol. The van der Waals surface area contributed by atoms with E-state index in [-0.39, 0.29) is 12.0 Å². The van der Waals surface area contributed by atoms with Gasteiger partial charge in [0.15, 0.2) is 0 Å². The van der Waals surface area contributed by atoms with Crippen molar-refractivity contribution >= 4 is 56.1 Å². The highest BCUT2D eigenvalue weighted by atomic mass is 127. The number of nitrogen functional groups attached to an aromatic ring is 1. The molecule has 0 aliphatic rings. The minimum atomic E-state index is 0.176. The molecule has 0 bridgehead atoms. The molecule has 19 heavy (non-hydrogen) atoms. The zero-order chi connectivity index (χ0) is 13.8. The Morgan fingerprint density at radius 3 is 2.68 bits per heavy atom. The number of halogens is 2. The van der Waals surface area contributed by atoms with E-state index in [0.29, 0.717) is 5.95 Å². The van der Waals surface area contributed by atoms with Crippen LogP contribution in [0.15, 0.2) is 22.7 Å². The molecule has 0 radical (unpaired) electrons. The van der Waals surface area contributed by atoms with E-state index in [1.165, 1.54) is 7.11 Å². The maximum atomic E-state index is 5.29. The molecular formula is C10H10BrIN6O. The molecule has 0 amide bonds. The lowest BCUT2D eigenvalue weighted by Crippen LogP contribution is -2.13. The molecule has 2 aromatic rings. The molecule has 0 saturated heterocycles. The Morgan fingerprint density at radius 1 is 1.26 bits per heavy atom. The fraction of sp³-hybridized carbons (Fsp3) is 0.100. The topological polar surface area (TPSA) is 98.0 Å². The van der Waals surface area contributed by atoms with Gasteiger partial charge in [-0.2, -0.15) is 15.0 Å². The van der Waals surface area contributed by atoms with E-state index in [1.807, 2.05) is 18.2 Å². The molecule has 0 unspecified atom stereocenters. The lowest BCUT2D eigenvalue weighted by molar-refractivity contribution is 0.379. The van der Waals surface area contributed by atoms with Crippen LogP contribution in [0.1, 0.15) is 0 Å². The van der Waals surface area contributed by atoms with Crippen LogP contribution in [0.5, 0.6) is 6.01 Å². The van der Waals surface area contributed by atoms with Gasteiger partial charge in [0, 0.05) is 8.04 Å². The summed E-state index contributed by atoms with van der Waals surface area (Å²) < 4.78 is 6.96. The van der Waals surface area contributed by atoms with Crippen LogP contribution in [-0.4, -0.2) is 22.1 Å². The number of ether oxygens (including phenoxy) is 1. The van der Waals surface area contributed by atoms with Crippen LogP contribution in [0, 0.1) is 3.57 Å². The number of nitrogens with zero attached hydrogens (tertiary/aromatic N) is 3. The van der Waals surface area contributed by atoms with Gasteiger partial charge in [-0.3, -0.25) is 5.43 Å². The first-order valence-electron chi connectivity index (χ1n) is 5.11. The number of anilines is 3. The van der Waals surface area contributed by atoms with Crippen molar-refractivity contribution in [2.75, 3.05) is 17.9 Å². The number of methoxy groups -OCH3 is 1. The lowest BCUT2D eigenvalue weighted by Gasteiger charge is -2.09. The highest BCUT2D eigenvalue weighted by Crippen LogP contribution is 2.25. The SMILES string of the molecule is COc1nc(NN)nc(Nc2cc(Br)ccc2I)n1. The zero-order valence-corrected chi connectivity index (χ0v) is 13.6. The molecule has 0 spiro atoms. The fourth-order valence-electron chi connectivity index (χ4n) is 1.28. The molecule has 1 aromatic heterocycles. The van der Waals surface area contributed by atoms with E-state index in [0.717, 1.165) is 13.7 Å². The van der Waals surface area contributed by atoms with E-state index in [9.17, 15) is 0 Å². The number of rotatable bonds is 4. The van der Waals surface area contributed by atoms with Gasteiger partial charge >= 0.3 is 6.01 Å². The van der Waals surface area contributed by atoms with Crippen LogP contribution in [0.4, 0.5) is 17.6 Å². The Kier molecular flexibility index (Phi) is 4.71. The van der Waals surface area contributed by atoms with Crippen LogP contribution in [0.3, 0.4) is 0 Å². The summed E-state index contributed by atoms with van der Waals surface area (Å²) in [6, 6.07) is 6.02. The summed E-state index contributed by atoms with van der Waals surface area (Å²) in [6.45, 7) is 0. The Balaban J connectivity index is 2.34. The highest BCUT2D eigenvalue weighted by Gasteiger charge is 2.08. The van der Waals surface area contributed by atoms with Crippen LogP contribution in [-0.2, 0) is 0 Å². The third kappa shape index (κ3) is 3.64. The summed E-state index contributed by atoms with van der Waals surface area (Å²) in [5.41, 5.74) is 3.23. The van der Waals surface area contributed by atoms with Crippen molar-refractivity contribution in [2.24, 2.45) is 5.84 Å².